The van der Waals surface area contributed by atoms with Crippen molar-refractivity contribution in [2.24, 2.45) is 5.92 Å². The first kappa shape index (κ1) is 18.2. The minimum Gasteiger partial charge on any atom is -0.480 e. The summed E-state index contributed by atoms with van der Waals surface area (Å²) in [6.45, 7) is 7.75. The van der Waals surface area contributed by atoms with E-state index in [0.717, 1.165) is 6.42 Å². The van der Waals surface area contributed by atoms with Crippen LogP contribution in [0.2, 0.25) is 0 Å². The molecule has 7 nitrogen and oxygen atoms in total. The summed E-state index contributed by atoms with van der Waals surface area (Å²) in [6, 6.07) is -2.33. The summed E-state index contributed by atoms with van der Waals surface area (Å²) in [5.74, 6) is -1.24. The van der Waals surface area contributed by atoms with E-state index in [2.05, 4.69) is 16.0 Å². The van der Waals surface area contributed by atoms with E-state index in [1.165, 1.54) is 0 Å². The number of hydrogen-bond acceptors (Lipinski definition) is 3. The van der Waals surface area contributed by atoms with Gasteiger partial charge in [0.05, 0.1) is 0 Å². The number of urea groups is 1. The average molecular weight is 287 g/mol. The first-order valence-corrected chi connectivity index (χ1v) is 6.85. The largest absolute Gasteiger partial charge is 0.480 e. The Morgan fingerprint density at radius 2 is 1.70 bits per heavy atom. The molecule has 0 aromatic heterocycles. The molecule has 0 aliphatic rings. The van der Waals surface area contributed by atoms with Crippen LogP contribution in [-0.4, -0.2) is 41.6 Å². The number of amides is 3. The van der Waals surface area contributed by atoms with Crippen molar-refractivity contribution in [3.05, 3.63) is 0 Å². The SMILES string of the molecule is CCCNC(=O)C(C)NC(=O)NC(CC(C)C)C(=O)O. The fourth-order valence-electron chi connectivity index (χ4n) is 1.56. The number of carbonyl (C=O) groups excluding carboxylic acids is 2. The maximum Gasteiger partial charge on any atom is 0.326 e. The molecule has 4 N–H and O–H groups in total. The Hall–Kier alpha value is -1.79. The van der Waals surface area contributed by atoms with Gasteiger partial charge in [0.2, 0.25) is 5.91 Å². The lowest BCUT2D eigenvalue weighted by molar-refractivity contribution is -0.139. The third-order valence-corrected chi connectivity index (χ3v) is 2.60. The molecule has 0 aromatic rings. The van der Waals surface area contributed by atoms with E-state index in [0.29, 0.717) is 13.0 Å². The number of carboxylic acid groups (broad SMARTS) is 1. The van der Waals surface area contributed by atoms with Crippen LogP contribution < -0.4 is 16.0 Å². The first-order valence-electron chi connectivity index (χ1n) is 6.85. The minimum atomic E-state index is -1.09. The van der Waals surface area contributed by atoms with Crippen molar-refractivity contribution in [2.75, 3.05) is 6.54 Å². The highest BCUT2D eigenvalue weighted by atomic mass is 16.4. The molecule has 0 aliphatic heterocycles. The van der Waals surface area contributed by atoms with Gasteiger partial charge in [0.1, 0.15) is 12.1 Å². The van der Waals surface area contributed by atoms with Crippen molar-refractivity contribution < 1.29 is 19.5 Å². The number of nitrogens with one attached hydrogen (secondary N) is 3. The van der Waals surface area contributed by atoms with Gasteiger partial charge in [-0.25, -0.2) is 9.59 Å². The molecule has 0 rings (SSSR count). The number of carboxylic acids is 1. The Labute approximate surface area is 119 Å². The second-order valence-electron chi connectivity index (χ2n) is 5.15. The monoisotopic (exact) mass is 287 g/mol. The number of carbonyl (C=O) groups is 3. The number of rotatable bonds is 8. The summed E-state index contributed by atoms with van der Waals surface area (Å²) in [5, 5.41) is 16.4. The van der Waals surface area contributed by atoms with Crippen LogP contribution in [0.25, 0.3) is 0 Å². The van der Waals surface area contributed by atoms with Crippen molar-refractivity contribution in [1.82, 2.24) is 16.0 Å². The van der Waals surface area contributed by atoms with Gasteiger partial charge < -0.3 is 21.1 Å². The molecule has 0 radical (unpaired) electrons. The van der Waals surface area contributed by atoms with E-state index in [-0.39, 0.29) is 11.8 Å². The summed E-state index contributed by atoms with van der Waals surface area (Å²) >= 11 is 0. The lowest BCUT2D eigenvalue weighted by Gasteiger charge is -2.19. The molecule has 0 bridgehead atoms. The van der Waals surface area contributed by atoms with Gasteiger partial charge in [0.15, 0.2) is 0 Å². The van der Waals surface area contributed by atoms with Gasteiger partial charge in [-0.3, -0.25) is 4.79 Å². The van der Waals surface area contributed by atoms with Crippen molar-refractivity contribution in [1.29, 1.82) is 0 Å². The zero-order valence-electron chi connectivity index (χ0n) is 12.5. The van der Waals surface area contributed by atoms with Gasteiger partial charge >= 0.3 is 12.0 Å². The normalized spacial score (nSPS) is 13.4. The van der Waals surface area contributed by atoms with Gasteiger partial charge in [0.25, 0.3) is 0 Å². The summed E-state index contributed by atoms with van der Waals surface area (Å²) in [7, 11) is 0. The van der Waals surface area contributed by atoms with Gasteiger partial charge in [-0.1, -0.05) is 20.8 Å². The van der Waals surface area contributed by atoms with E-state index in [9.17, 15) is 14.4 Å². The molecule has 0 fully saturated rings. The fraction of sp³-hybridized carbons (Fsp3) is 0.769. The maximum absolute atomic E-state index is 11.7. The van der Waals surface area contributed by atoms with Crippen molar-refractivity contribution in [3.63, 3.8) is 0 Å². The van der Waals surface area contributed by atoms with Crippen molar-refractivity contribution in [3.8, 4) is 0 Å². The highest BCUT2D eigenvalue weighted by molar-refractivity contribution is 5.88. The Morgan fingerprint density at radius 3 is 2.15 bits per heavy atom. The molecular weight excluding hydrogens is 262 g/mol. The van der Waals surface area contributed by atoms with Crippen LogP contribution in [0, 0.1) is 5.92 Å². The molecule has 0 aliphatic carbocycles. The van der Waals surface area contributed by atoms with Crippen LogP contribution in [0.5, 0.6) is 0 Å². The zero-order valence-corrected chi connectivity index (χ0v) is 12.5. The summed E-state index contributed by atoms with van der Waals surface area (Å²) in [6.07, 6.45) is 1.14. The van der Waals surface area contributed by atoms with Crippen LogP contribution in [0.4, 0.5) is 4.79 Å². The molecule has 2 unspecified atom stereocenters. The highest BCUT2D eigenvalue weighted by Gasteiger charge is 2.22. The van der Waals surface area contributed by atoms with Crippen molar-refractivity contribution >= 4 is 17.9 Å². The number of hydrogen-bond donors (Lipinski definition) is 4. The molecule has 0 saturated heterocycles. The molecule has 2 atom stereocenters. The summed E-state index contributed by atoms with van der Waals surface area (Å²) in [4.78, 5) is 34.2. The van der Waals surface area contributed by atoms with Crippen LogP contribution in [0.3, 0.4) is 0 Å². The first-order chi connectivity index (χ1) is 9.27. The van der Waals surface area contributed by atoms with E-state index < -0.39 is 24.1 Å². The predicted molar refractivity (Wildman–Crippen MR) is 75.3 cm³/mol. The molecule has 0 aromatic carbocycles. The summed E-state index contributed by atoms with van der Waals surface area (Å²) < 4.78 is 0. The lowest BCUT2D eigenvalue weighted by Crippen LogP contribution is -2.52. The second-order valence-corrected chi connectivity index (χ2v) is 5.15. The zero-order chi connectivity index (χ0) is 15.7. The molecule has 20 heavy (non-hydrogen) atoms. The van der Waals surface area contributed by atoms with Crippen molar-refractivity contribution in [2.45, 2.75) is 52.6 Å². The molecule has 0 saturated carbocycles. The standard InChI is InChI=1S/C13H25N3O4/c1-5-6-14-11(17)9(4)15-13(20)16-10(12(18)19)7-8(2)3/h8-10H,5-7H2,1-4H3,(H,14,17)(H,18,19)(H2,15,16,20). The summed E-state index contributed by atoms with van der Waals surface area (Å²) in [5.41, 5.74) is 0. The smallest absolute Gasteiger partial charge is 0.326 e. The topological polar surface area (TPSA) is 108 Å². The molecule has 3 amide bonds. The average Bonchev–Trinajstić information content (AvgIpc) is 2.34. The Morgan fingerprint density at radius 1 is 1.10 bits per heavy atom. The van der Waals surface area contributed by atoms with E-state index in [4.69, 9.17) is 5.11 Å². The maximum atomic E-state index is 11.7. The molecule has 7 heteroatoms. The lowest BCUT2D eigenvalue weighted by atomic mass is 10.0. The quantitative estimate of drug-likeness (QED) is 0.527. The van der Waals surface area contributed by atoms with Crippen LogP contribution in [0.1, 0.15) is 40.5 Å². The Kier molecular flexibility index (Phi) is 8.35. The minimum absolute atomic E-state index is 0.140. The van der Waals surface area contributed by atoms with Gasteiger partial charge in [-0.05, 0) is 25.7 Å². The van der Waals surface area contributed by atoms with Gasteiger partial charge in [-0.15, -0.1) is 0 Å². The number of aliphatic carboxylic acids is 1. The van der Waals surface area contributed by atoms with Crippen LogP contribution in [-0.2, 0) is 9.59 Å². The molecule has 0 spiro atoms. The fourth-order valence-corrected chi connectivity index (χ4v) is 1.56. The third-order valence-electron chi connectivity index (χ3n) is 2.60. The van der Waals surface area contributed by atoms with E-state index >= 15 is 0 Å². The van der Waals surface area contributed by atoms with Gasteiger partial charge in [-0.2, -0.15) is 0 Å². The van der Waals surface area contributed by atoms with Crippen LogP contribution >= 0.6 is 0 Å². The second kappa shape index (κ2) is 9.17. The van der Waals surface area contributed by atoms with E-state index in [1.807, 2.05) is 20.8 Å². The third kappa shape index (κ3) is 7.60. The molecular formula is C13H25N3O4. The Bertz CT molecular complexity index is 345. The van der Waals surface area contributed by atoms with Gasteiger partial charge in [0, 0.05) is 6.54 Å². The molecule has 116 valence electrons. The predicted octanol–water partition coefficient (Wildman–Crippen LogP) is 0.700. The highest BCUT2D eigenvalue weighted by Crippen LogP contribution is 2.04. The van der Waals surface area contributed by atoms with E-state index in [1.54, 1.807) is 6.92 Å². The van der Waals surface area contributed by atoms with Crippen LogP contribution in [0.15, 0.2) is 0 Å². The Balaban J connectivity index is 4.31. The molecule has 0 heterocycles.